The van der Waals surface area contributed by atoms with Crippen molar-refractivity contribution in [3.05, 3.63) is 0 Å². The average molecular weight is 186 g/mol. The normalized spacial score (nSPS) is 34.2. The highest BCUT2D eigenvalue weighted by molar-refractivity contribution is 5.72. The second-order valence-electron chi connectivity index (χ2n) is 3.80. The summed E-state index contributed by atoms with van der Waals surface area (Å²) in [5.41, 5.74) is 0. The summed E-state index contributed by atoms with van der Waals surface area (Å²) in [7, 11) is 0. The van der Waals surface area contributed by atoms with Crippen LogP contribution in [0.3, 0.4) is 0 Å². The minimum Gasteiger partial charge on any atom is -0.466 e. The summed E-state index contributed by atoms with van der Waals surface area (Å²) < 4.78 is 4.97. The van der Waals surface area contributed by atoms with Crippen LogP contribution in [0.15, 0.2) is 0 Å². The highest BCUT2D eigenvalue weighted by Crippen LogP contribution is 2.30. The Bertz CT molecular complexity index is 179. The van der Waals surface area contributed by atoms with Crippen LogP contribution in [0.5, 0.6) is 0 Å². The third-order valence-electron chi connectivity index (χ3n) is 2.73. The van der Waals surface area contributed by atoms with Gasteiger partial charge in [0.15, 0.2) is 0 Å². The Hall–Kier alpha value is -0.570. The average Bonchev–Trinajstić information content (AvgIpc) is 2.04. The van der Waals surface area contributed by atoms with Gasteiger partial charge in [-0.05, 0) is 32.1 Å². The summed E-state index contributed by atoms with van der Waals surface area (Å²) in [5, 5.41) is 9.36. The van der Waals surface area contributed by atoms with E-state index in [-0.39, 0.29) is 23.9 Å². The Morgan fingerprint density at radius 1 is 1.54 bits per heavy atom. The fraction of sp³-hybridized carbons (Fsp3) is 0.900. The molecule has 3 atom stereocenters. The maximum atomic E-state index is 11.4. The van der Waals surface area contributed by atoms with E-state index in [1.165, 1.54) is 0 Å². The monoisotopic (exact) mass is 186 g/mol. The molecule has 0 aromatic rings. The molecule has 0 unspecified atom stereocenters. The number of ether oxygens (including phenoxy) is 1. The molecule has 1 fully saturated rings. The molecular weight excluding hydrogens is 168 g/mol. The lowest BCUT2D eigenvalue weighted by Crippen LogP contribution is -2.32. The first-order valence-electron chi connectivity index (χ1n) is 4.99. The van der Waals surface area contributed by atoms with Crippen molar-refractivity contribution < 1.29 is 14.6 Å². The predicted octanol–water partition coefficient (Wildman–Crippen LogP) is 1.35. The fourth-order valence-corrected chi connectivity index (χ4v) is 1.97. The van der Waals surface area contributed by atoms with Crippen molar-refractivity contribution in [1.82, 2.24) is 0 Å². The minimum absolute atomic E-state index is 0.00310. The van der Waals surface area contributed by atoms with Crippen molar-refractivity contribution in [3.63, 3.8) is 0 Å². The number of aliphatic hydroxyl groups excluding tert-OH is 1. The molecule has 0 heterocycles. The van der Waals surface area contributed by atoms with Crippen LogP contribution in [0.4, 0.5) is 0 Å². The molecule has 1 rings (SSSR count). The zero-order valence-electron chi connectivity index (χ0n) is 8.32. The van der Waals surface area contributed by atoms with Crippen LogP contribution in [-0.4, -0.2) is 23.8 Å². The van der Waals surface area contributed by atoms with Gasteiger partial charge in [-0.3, -0.25) is 4.79 Å². The van der Waals surface area contributed by atoms with Gasteiger partial charge in [0.1, 0.15) is 0 Å². The maximum Gasteiger partial charge on any atom is 0.309 e. The Labute approximate surface area is 79.1 Å². The smallest absolute Gasteiger partial charge is 0.309 e. The highest BCUT2D eigenvalue weighted by Gasteiger charge is 2.32. The molecule has 3 heteroatoms. The number of esters is 1. The number of rotatable bonds is 2. The lowest BCUT2D eigenvalue weighted by atomic mass is 9.79. The zero-order chi connectivity index (χ0) is 9.84. The molecule has 0 radical (unpaired) electrons. The van der Waals surface area contributed by atoms with Gasteiger partial charge in [0.05, 0.1) is 18.6 Å². The van der Waals surface area contributed by atoms with Crippen LogP contribution in [0.1, 0.15) is 33.1 Å². The summed E-state index contributed by atoms with van der Waals surface area (Å²) in [6, 6.07) is 0. The summed E-state index contributed by atoms with van der Waals surface area (Å²) in [6.07, 6.45) is 2.00. The molecule has 76 valence electrons. The molecule has 0 spiro atoms. The van der Waals surface area contributed by atoms with E-state index in [4.69, 9.17) is 4.74 Å². The van der Waals surface area contributed by atoms with Gasteiger partial charge in [-0.1, -0.05) is 6.92 Å². The Morgan fingerprint density at radius 2 is 2.23 bits per heavy atom. The van der Waals surface area contributed by atoms with Crippen molar-refractivity contribution in [1.29, 1.82) is 0 Å². The van der Waals surface area contributed by atoms with Crippen molar-refractivity contribution in [2.45, 2.75) is 39.2 Å². The van der Waals surface area contributed by atoms with Gasteiger partial charge in [-0.2, -0.15) is 0 Å². The molecule has 0 aromatic heterocycles. The third kappa shape index (κ3) is 2.69. The van der Waals surface area contributed by atoms with Gasteiger partial charge in [0.2, 0.25) is 0 Å². The summed E-state index contributed by atoms with van der Waals surface area (Å²) >= 11 is 0. The first kappa shape index (κ1) is 10.5. The van der Waals surface area contributed by atoms with E-state index in [1.807, 2.05) is 13.8 Å². The van der Waals surface area contributed by atoms with Crippen LogP contribution < -0.4 is 0 Å². The van der Waals surface area contributed by atoms with Gasteiger partial charge in [0, 0.05) is 0 Å². The van der Waals surface area contributed by atoms with Gasteiger partial charge in [-0.25, -0.2) is 0 Å². The van der Waals surface area contributed by atoms with Crippen LogP contribution >= 0.6 is 0 Å². The molecule has 0 aliphatic heterocycles. The maximum absolute atomic E-state index is 11.4. The van der Waals surface area contributed by atoms with Gasteiger partial charge < -0.3 is 9.84 Å². The topological polar surface area (TPSA) is 46.5 Å². The van der Waals surface area contributed by atoms with E-state index in [9.17, 15) is 9.90 Å². The highest BCUT2D eigenvalue weighted by atomic mass is 16.5. The van der Waals surface area contributed by atoms with Crippen molar-refractivity contribution in [2.24, 2.45) is 11.8 Å². The molecule has 1 aliphatic rings. The van der Waals surface area contributed by atoms with Gasteiger partial charge in [0.25, 0.3) is 0 Å². The van der Waals surface area contributed by atoms with Crippen molar-refractivity contribution in [3.8, 4) is 0 Å². The molecule has 0 aromatic carbocycles. The molecule has 1 N–H and O–H groups in total. The number of hydrogen-bond donors (Lipinski definition) is 1. The standard InChI is InChI=1S/C10H18O3/c1-3-13-10(12)9-5-4-8(11)6-7(9)2/h7-9,11H,3-6H2,1-2H3/t7-,8+,9-/m1/s1. The molecular formula is C10H18O3. The molecule has 0 bridgehead atoms. The van der Waals surface area contributed by atoms with Crippen LogP contribution in [-0.2, 0) is 9.53 Å². The lowest BCUT2D eigenvalue weighted by Gasteiger charge is -2.29. The zero-order valence-corrected chi connectivity index (χ0v) is 8.32. The Balaban J connectivity index is 2.45. The Kier molecular flexibility index (Phi) is 3.72. The van der Waals surface area contributed by atoms with E-state index in [0.29, 0.717) is 6.61 Å². The van der Waals surface area contributed by atoms with E-state index < -0.39 is 0 Å². The SMILES string of the molecule is CCOC(=O)[C@@H]1CC[C@H](O)C[C@H]1C. The van der Waals surface area contributed by atoms with Gasteiger partial charge in [-0.15, -0.1) is 0 Å². The lowest BCUT2D eigenvalue weighted by molar-refractivity contribution is -0.152. The molecule has 1 aliphatic carbocycles. The van der Waals surface area contributed by atoms with E-state index in [2.05, 4.69) is 0 Å². The number of aliphatic hydroxyl groups is 1. The third-order valence-corrected chi connectivity index (χ3v) is 2.73. The fourth-order valence-electron chi connectivity index (χ4n) is 1.97. The minimum atomic E-state index is -0.222. The number of hydrogen-bond acceptors (Lipinski definition) is 3. The van der Waals surface area contributed by atoms with Gasteiger partial charge >= 0.3 is 5.97 Å². The van der Waals surface area contributed by atoms with Crippen molar-refractivity contribution in [2.75, 3.05) is 6.61 Å². The largest absolute Gasteiger partial charge is 0.466 e. The molecule has 3 nitrogen and oxygen atoms in total. The number of carbonyl (C=O) groups is 1. The Morgan fingerprint density at radius 3 is 2.77 bits per heavy atom. The summed E-state index contributed by atoms with van der Waals surface area (Å²) in [5.74, 6) is 0.160. The van der Waals surface area contributed by atoms with Crippen molar-refractivity contribution >= 4 is 5.97 Å². The van der Waals surface area contributed by atoms with E-state index in [0.717, 1.165) is 19.3 Å². The van der Waals surface area contributed by atoms with Crippen LogP contribution in [0.2, 0.25) is 0 Å². The molecule has 0 saturated heterocycles. The second-order valence-corrected chi connectivity index (χ2v) is 3.80. The van der Waals surface area contributed by atoms with Crippen LogP contribution in [0, 0.1) is 11.8 Å². The molecule has 1 saturated carbocycles. The van der Waals surface area contributed by atoms with E-state index >= 15 is 0 Å². The number of carbonyl (C=O) groups excluding carboxylic acids is 1. The quantitative estimate of drug-likeness (QED) is 0.662. The molecule has 0 amide bonds. The second kappa shape index (κ2) is 4.61. The summed E-state index contributed by atoms with van der Waals surface area (Å²) in [4.78, 5) is 11.4. The predicted molar refractivity (Wildman–Crippen MR) is 49.1 cm³/mol. The first-order chi connectivity index (χ1) is 6.15. The van der Waals surface area contributed by atoms with Crippen LogP contribution in [0.25, 0.3) is 0 Å². The summed E-state index contributed by atoms with van der Waals surface area (Å²) in [6.45, 7) is 4.27. The van der Waals surface area contributed by atoms with E-state index in [1.54, 1.807) is 0 Å². The first-order valence-corrected chi connectivity index (χ1v) is 4.99. The molecule has 13 heavy (non-hydrogen) atoms.